The number of rotatable bonds is 5. The van der Waals surface area contributed by atoms with E-state index in [1.54, 1.807) is 35.0 Å². The lowest BCUT2D eigenvalue weighted by Gasteiger charge is -2.11. The Morgan fingerprint density at radius 2 is 2.15 bits per heavy atom. The number of carbonyl (C=O) groups is 1. The highest BCUT2D eigenvalue weighted by Gasteiger charge is 2.30. The van der Waals surface area contributed by atoms with E-state index in [1.807, 2.05) is 6.92 Å². The Hall–Kier alpha value is -2.31. The van der Waals surface area contributed by atoms with Crippen LogP contribution in [0.15, 0.2) is 46.5 Å². The molecule has 1 aliphatic heterocycles. The molecule has 0 spiro atoms. The summed E-state index contributed by atoms with van der Waals surface area (Å²) in [6.07, 6.45) is 1.98. The Morgan fingerprint density at radius 3 is 2.88 bits per heavy atom. The van der Waals surface area contributed by atoms with Gasteiger partial charge in [0.1, 0.15) is 0 Å². The maximum Gasteiger partial charge on any atom is 0.268 e. The van der Waals surface area contributed by atoms with Gasteiger partial charge >= 0.3 is 0 Å². The minimum absolute atomic E-state index is 0.107. The fourth-order valence-electron chi connectivity index (χ4n) is 2.64. The van der Waals surface area contributed by atoms with Gasteiger partial charge in [-0.05, 0) is 24.6 Å². The van der Waals surface area contributed by atoms with Crippen LogP contribution in [0.3, 0.4) is 0 Å². The molecule has 1 N–H and O–H groups in total. The van der Waals surface area contributed by atoms with E-state index in [1.165, 1.54) is 6.07 Å². The van der Waals surface area contributed by atoms with Crippen molar-refractivity contribution in [3.05, 3.63) is 62.5 Å². The normalized spacial score (nSPS) is 16.1. The molecule has 0 bridgehead atoms. The fraction of sp³-hybridized carbons (Fsp3) is 0.278. The van der Waals surface area contributed by atoms with Crippen LogP contribution in [0.5, 0.6) is 0 Å². The van der Waals surface area contributed by atoms with Crippen molar-refractivity contribution in [2.24, 2.45) is 5.16 Å². The summed E-state index contributed by atoms with van der Waals surface area (Å²) < 4.78 is 1.56. The zero-order valence-electron chi connectivity index (χ0n) is 14.0. The molecule has 1 amide bonds. The summed E-state index contributed by atoms with van der Waals surface area (Å²) in [5.74, 6) is -0.337. The van der Waals surface area contributed by atoms with Gasteiger partial charge in [0.25, 0.3) is 11.5 Å². The monoisotopic (exact) mass is 393 g/mol. The molecule has 0 fully saturated rings. The third kappa shape index (κ3) is 4.08. The summed E-state index contributed by atoms with van der Waals surface area (Å²) in [7, 11) is 0. The number of nitrogens with one attached hydrogen (secondary N) is 1. The van der Waals surface area contributed by atoms with Crippen LogP contribution in [0.4, 0.5) is 5.69 Å². The summed E-state index contributed by atoms with van der Waals surface area (Å²) in [6.45, 7) is 2.57. The number of anilines is 1. The van der Waals surface area contributed by atoms with Crippen LogP contribution in [0.2, 0.25) is 10.0 Å². The highest BCUT2D eigenvalue weighted by atomic mass is 35.5. The van der Waals surface area contributed by atoms with Gasteiger partial charge < -0.3 is 14.7 Å². The molecule has 136 valence electrons. The molecule has 3 rings (SSSR count). The fourth-order valence-corrected chi connectivity index (χ4v) is 3.16. The molecule has 1 aliphatic rings. The van der Waals surface area contributed by atoms with Gasteiger partial charge in [-0.3, -0.25) is 9.59 Å². The number of amides is 1. The SMILES string of the molecule is CCCn1cc(NC(=O)C2CC(c3ccc(Cl)cc3Cl)=NO2)ccc1=O. The minimum Gasteiger partial charge on any atom is -0.382 e. The Morgan fingerprint density at radius 1 is 1.35 bits per heavy atom. The van der Waals surface area contributed by atoms with Crippen molar-refractivity contribution in [3.63, 3.8) is 0 Å². The standard InChI is InChI=1S/C18H17Cl2N3O3/c1-2-7-23-10-12(4-6-17(23)24)21-18(25)16-9-15(22-26-16)13-5-3-11(19)8-14(13)20/h3-6,8,10,16H,2,7,9H2,1H3,(H,21,25). The zero-order chi connectivity index (χ0) is 18.7. The first-order valence-electron chi connectivity index (χ1n) is 8.17. The molecule has 1 aromatic heterocycles. The van der Waals surface area contributed by atoms with E-state index in [4.69, 9.17) is 28.0 Å². The lowest BCUT2D eigenvalue weighted by atomic mass is 10.0. The summed E-state index contributed by atoms with van der Waals surface area (Å²) in [4.78, 5) is 29.4. The number of benzene rings is 1. The van der Waals surface area contributed by atoms with Crippen LogP contribution >= 0.6 is 23.2 Å². The average Bonchev–Trinajstić information content (AvgIpc) is 3.08. The van der Waals surface area contributed by atoms with Crippen LogP contribution in [-0.2, 0) is 16.2 Å². The second kappa shape index (κ2) is 7.93. The second-order valence-corrected chi connectivity index (χ2v) is 6.74. The van der Waals surface area contributed by atoms with Gasteiger partial charge in [0.05, 0.1) is 16.4 Å². The predicted molar refractivity (Wildman–Crippen MR) is 102 cm³/mol. The lowest BCUT2D eigenvalue weighted by Crippen LogP contribution is -2.29. The first-order valence-corrected chi connectivity index (χ1v) is 8.93. The maximum atomic E-state index is 12.4. The number of oxime groups is 1. The third-order valence-corrected chi connectivity index (χ3v) is 4.47. The Kier molecular flexibility index (Phi) is 5.64. The number of nitrogens with zero attached hydrogens (tertiary/aromatic N) is 2. The predicted octanol–water partition coefficient (Wildman–Crippen LogP) is 3.70. The summed E-state index contributed by atoms with van der Waals surface area (Å²) >= 11 is 12.1. The first-order chi connectivity index (χ1) is 12.5. The van der Waals surface area contributed by atoms with Crippen molar-refractivity contribution in [2.45, 2.75) is 32.4 Å². The van der Waals surface area contributed by atoms with Crippen LogP contribution in [0.1, 0.15) is 25.3 Å². The van der Waals surface area contributed by atoms with E-state index in [0.717, 1.165) is 6.42 Å². The quantitative estimate of drug-likeness (QED) is 0.841. The Bertz CT molecular complexity index is 924. The van der Waals surface area contributed by atoms with E-state index in [2.05, 4.69) is 10.5 Å². The van der Waals surface area contributed by atoms with Crippen molar-refractivity contribution in [2.75, 3.05) is 5.32 Å². The topological polar surface area (TPSA) is 72.7 Å². The molecule has 0 saturated carbocycles. The van der Waals surface area contributed by atoms with Gasteiger partial charge in [-0.2, -0.15) is 0 Å². The van der Waals surface area contributed by atoms with Gasteiger partial charge in [-0.1, -0.05) is 41.3 Å². The Balaban J connectivity index is 1.67. The Labute approximate surface area is 160 Å². The van der Waals surface area contributed by atoms with Crippen LogP contribution in [0, 0.1) is 0 Å². The number of hydrogen-bond donors (Lipinski definition) is 1. The molecule has 0 saturated heterocycles. The van der Waals surface area contributed by atoms with Gasteiger partial charge in [0.2, 0.25) is 6.10 Å². The number of aryl methyl sites for hydroxylation is 1. The summed E-state index contributed by atoms with van der Waals surface area (Å²) in [5.41, 5.74) is 1.69. The first kappa shape index (κ1) is 18.5. The second-order valence-electron chi connectivity index (χ2n) is 5.90. The average molecular weight is 394 g/mol. The number of pyridine rings is 1. The highest BCUT2D eigenvalue weighted by Crippen LogP contribution is 2.26. The molecule has 0 radical (unpaired) electrons. The number of halogens is 2. The van der Waals surface area contributed by atoms with Gasteiger partial charge in [0, 0.05) is 35.8 Å². The van der Waals surface area contributed by atoms with Gasteiger partial charge in [-0.25, -0.2) is 0 Å². The molecule has 0 aliphatic carbocycles. The highest BCUT2D eigenvalue weighted by molar-refractivity contribution is 6.37. The molecule has 1 unspecified atom stereocenters. The number of carbonyl (C=O) groups excluding carboxylic acids is 1. The van der Waals surface area contributed by atoms with Crippen molar-refractivity contribution in [1.82, 2.24) is 4.57 Å². The van der Waals surface area contributed by atoms with Gasteiger partial charge in [0.15, 0.2) is 0 Å². The molecule has 1 aromatic carbocycles. The van der Waals surface area contributed by atoms with Crippen molar-refractivity contribution < 1.29 is 9.63 Å². The van der Waals surface area contributed by atoms with Crippen LogP contribution < -0.4 is 10.9 Å². The zero-order valence-corrected chi connectivity index (χ0v) is 15.5. The summed E-state index contributed by atoms with van der Waals surface area (Å²) in [6, 6.07) is 8.06. The molecule has 26 heavy (non-hydrogen) atoms. The maximum absolute atomic E-state index is 12.4. The molecule has 2 aromatic rings. The van der Waals surface area contributed by atoms with Crippen molar-refractivity contribution in [1.29, 1.82) is 0 Å². The third-order valence-electron chi connectivity index (χ3n) is 3.92. The van der Waals surface area contributed by atoms with E-state index < -0.39 is 6.10 Å². The molecule has 6 nitrogen and oxygen atoms in total. The van der Waals surface area contributed by atoms with E-state index in [-0.39, 0.29) is 11.5 Å². The van der Waals surface area contributed by atoms with Crippen LogP contribution in [0.25, 0.3) is 0 Å². The number of aromatic nitrogens is 1. The molecule has 2 heterocycles. The van der Waals surface area contributed by atoms with E-state index in [0.29, 0.717) is 40.0 Å². The van der Waals surface area contributed by atoms with Crippen molar-refractivity contribution >= 4 is 40.5 Å². The molecular weight excluding hydrogens is 377 g/mol. The van der Waals surface area contributed by atoms with E-state index >= 15 is 0 Å². The smallest absolute Gasteiger partial charge is 0.268 e. The molecular formula is C18H17Cl2N3O3. The number of hydrogen-bond acceptors (Lipinski definition) is 4. The van der Waals surface area contributed by atoms with Gasteiger partial charge in [-0.15, -0.1) is 0 Å². The summed E-state index contributed by atoms with van der Waals surface area (Å²) in [5, 5.41) is 7.70. The van der Waals surface area contributed by atoms with Crippen molar-refractivity contribution in [3.8, 4) is 0 Å². The molecule has 8 heteroatoms. The lowest BCUT2D eigenvalue weighted by molar-refractivity contribution is -0.125. The largest absolute Gasteiger partial charge is 0.382 e. The minimum atomic E-state index is -0.761. The van der Waals surface area contributed by atoms with E-state index in [9.17, 15) is 9.59 Å². The molecule has 1 atom stereocenters. The van der Waals surface area contributed by atoms with Crippen LogP contribution in [-0.4, -0.2) is 22.3 Å².